The van der Waals surface area contributed by atoms with Crippen molar-refractivity contribution in [1.82, 2.24) is 10.2 Å². The van der Waals surface area contributed by atoms with Crippen molar-refractivity contribution in [2.75, 3.05) is 26.7 Å². The Morgan fingerprint density at radius 2 is 1.93 bits per heavy atom. The van der Waals surface area contributed by atoms with Crippen LogP contribution in [-0.2, 0) is 0 Å². The van der Waals surface area contributed by atoms with Crippen LogP contribution in [0.4, 0.5) is 0 Å². The zero-order chi connectivity index (χ0) is 10.9. The van der Waals surface area contributed by atoms with E-state index in [1.54, 1.807) is 0 Å². The van der Waals surface area contributed by atoms with E-state index < -0.39 is 0 Å². The molecule has 0 bridgehead atoms. The molecule has 0 amide bonds. The summed E-state index contributed by atoms with van der Waals surface area (Å²) in [6, 6.07) is 0.813. The van der Waals surface area contributed by atoms with E-state index in [1.165, 1.54) is 45.3 Å². The summed E-state index contributed by atoms with van der Waals surface area (Å²) in [5.74, 6) is 0.922. The van der Waals surface area contributed by atoms with Crippen molar-refractivity contribution >= 4 is 0 Å². The molecule has 0 aromatic rings. The van der Waals surface area contributed by atoms with Gasteiger partial charge in [0.05, 0.1) is 0 Å². The molecule has 0 spiro atoms. The van der Waals surface area contributed by atoms with E-state index in [4.69, 9.17) is 0 Å². The minimum atomic E-state index is 0.663. The van der Waals surface area contributed by atoms with Crippen LogP contribution in [0.2, 0.25) is 0 Å². The summed E-state index contributed by atoms with van der Waals surface area (Å²) in [6.07, 6.45) is 5.68. The lowest BCUT2D eigenvalue weighted by molar-refractivity contribution is 0.101. The first kappa shape index (κ1) is 11.4. The van der Waals surface area contributed by atoms with E-state index in [0.29, 0.717) is 5.41 Å². The Hall–Kier alpha value is -0.0800. The fourth-order valence-electron chi connectivity index (χ4n) is 2.89. The molecule has 1 atom stereocenters. The van der Waals surface area contributed by atoms with Crippen molar-refractivity contribution in [3.05, 3.63) is 0 Å². The lowest BCUT2D eigenvalue weighted by Crippen LogP contribution is -2.44. The number of likely N-dealkylation sites (tertiary alicyclic amines) is 1. The molecule has 1 saturated heterocycles. The molecule has 2 nitrogen and oxygen atoms in total. The molecule has 2 aliphatic rings. The van der Waals surface area contributed by atoms with Gasteiger partial charge in [-0.15, -0.1) is 0 Å². The normalized spacial score (nSPS) is 29.0. The predicted molar refractivity (Wildman–Crippen MR) is 65.0 cm³/mol. The molecule has 2 heteroatoms. The molecule has 88 valence electrons. The van der Waals surface area contributed by atoms with E-state index in [9.17, 15) is 0 Å². The standard InChI is InChI=1S/C13H26N2/c1-11(13(2)6-7-13)15-8-4-12(5-9-15)10-14-3/h11-12,14H,4-10H2,1-3H3. The first-order valence-corrected chi connectivity index (χ1v) is 6.54. The Morgan fingerprint density at radius 3 is 2.40 bits per heavy atom. The average Bonchev–Trinajstić information content (AvgIpc) is 2.99. The van der Waals surface area contributed by atoms with Gasteiger partial charge in [0.15, 0.2) is 0 Å². The molecule has 0 aromatic heterocycles. The molecule has 0 radical (unpaired) electrons. The van der Waals surface area contributed by atoms with Gasteiger partial charge in [-0.05, 0) is 70.6 Å². The predicted octanol–water partition coefficient (Wildman–Crippen LogP) is 2.11. The van der Waals surface area contributed by atoms with Crippen molar-refractivity contribution in [3.8, 4) is 0 Å². The number of nitrogens with zero attached hydrogens (tertiary/aromatic N) is 1. The Morgan fingerprint density at radius 1 is 1.33 bits per heavy atom. The summed E-state index contributed by atoms with van der Waals surface area (Å²) in [7, 11) is 2.07. The van der Waals surface area contributed by atoms with Gasteiger partial charge in [0.25, 0.3) is 0 Å². The van der Waals surface area contributed by atoms with Crippen molar-refractivity contribution in [2.45, 2.75) is 45.6 Å². The topological polar surface area (TPSA) is 15.3 Å². The molecule has 15 heavy (non-hydrogen) atoms. The third kappa shape index (κ3) is 2.54. The molecule has 1 saturated carbocycles. The largest absolute Gasteiger partial charge is 0.319 e. The Bertz CT molecular complexity index is 203. The molecule has 0 aromatic carbocycles. The monoisotopic (exact) mass is 210 g/mol. The number of rotatable bonds is 4. The molecule has 1 N–H and O–H groups in total. The number of hydrogen-bond donors (Lipinski definition) is 1. The molecule has 1 aliphatic carbocycles. The van der Waals surface area contributed by atoms with Crippen molar-refractivity contribution in [1.29, 1.82) is 0 Å². The highest BCUT2D eigenvalue weighted by molar-refractivity contribution is 4.98. The SMILES string of the molecule is CNCC1CCN(C(C)C2(C)CC2)CC1. The Balaban J connectivity index is 1.77. The summed E-state index contributed by atoms with van der Waals surface area (Å²) in [4.78, 5) is 2.72. The third-order valence-corrected chi connectivity index (χ3v) is 4.74. The first-order chi connectivity index (χ1) is 7.15. The van der Waals surface area contributed by atoms with Gasteiger partial charge < -0.3 is 10.2 Å². The van der Waals surface area contributed by atoms with E-state index in [1.807, 2.05) is 0 Å². The maximum absolute atomic E-state index is 3.31. The molecular formula is C13H26N2. The zero-order valence-corrected chi connectivity index (χ0v) is 10.6. The lowest BCUT2D eigenvalue weighted by Gasteiger charge is -2.38. The second-order valence-corrected chi connectivity index (χ2v) is 5.87. The van der Waals surface area contributed by atoms with E-state index in [0.717, 1.165) is 12.0 Å². The molecular weight excluding hydrogens is 184 g/mol. The van der Waals surface area contributed by atoms with Gasteiger partial charge in [-0.2, -0.15) is 0 Å². The van der Waals surface area contributed by atoms with Gasteiger partial charge in [-0.25, -0.2) is 0 Å². The quantitative estimate of drug-likeness (QED) is 0.764. The third-order valence-electron chi connectivity index (χ3n) is 4.74. The van der Waals surface area contributed by atoms with Crippen molar-refractivity contribution < 1.29 is 0 Å². The summed E-state index contributed by atoms with van der Waals surface area (Å²) in [6.45, 7) is 8.74. The summed E-state index contributed by atoms with van der Waals surface area (Å²) < 4.78 is 0. The highest BCUT2D eigenvalue weighted by Gasteiger charge is 2.45. The van der Waals surface area contributed by atoms with Crippen molar-refractivity contribution in [2.24, 2.45) is 11.3 Å². The maximum Gasteiger partial charge on any atom is 0.0121 e. The first-order valence-electron chi connectivity index (χ1n) is 6.54. The molecule has 1 aliphatic heterocycles. The fraction of sp³-hybridized carbons (Fsp3) is 1.00. The van der Waals surface area contributed by atoms with Crippen LogP contribution in [-0.4, -0.2) is 37.6 Å². The number of hydrogen-bond acceptors (Lipinski definition) is 2. The van der Waals surface area contributed by atoms with Gasteiger partial charge >= 0.3 is 0 Å². The van der Waals surface area contributed by atoms with Crippen LogP contribution in [0.5, 0.6) is 0 Å². The molecule has 2 rings (SSSR count). The zero-order valence-electron chi connectivity index (χ0n) is 10.6. The smallest absolute Gasteiger partial charge is 0.0121 e. The van der Waals surface area contributed by atoms with Gasteiger partial charge in [0.1, 0.15) is 0 Å². The van der Waals surface area contributed by atoms with Gasteiger partial charge in [-0.3, -0.25) is 0 Å². The van der Waals surface area contributed by atoms with E-state index in [-0.39, 0.29) is 0 Å². The molecule has 1 heterocycles. The average molecular weight is 210 g/mol. The van der Waals surface area contributed by atoms with Crippen LogP contribution in [0.1, 0.15) is 39.5 Å². The number of nitrogens with one attached hydrogen (secondary N) is 1. The summed E-state index contributed by atoms with van der Waals surface area (Å²) in [5.41, 5.74) is 0.663. The summed E-state index contributed by atoms with van der Waals surface area (Å²) in [5, 5.41) is 3.31. The molecule has 1 unspecified atom stereocenters. The second kappa shape index (κ2) is 4.42. The van der Waals surface area contributed by atoms with Crippen LogP contribution < -0.4 is 5.32 Å². The van der Waals surface area contributed by atoms with E-state index >= 15 is 0 Å². The van der Waals surface area contributed by atoms with Gasteiger partial charge in [0, 0.05) is 6.04 Å². The Labute approximate surface area is 94.4 Å². The summed E-state index contributed by atoms with van der Waals surface area (Å²) >= 11 is 0. The molecule has 2 fully saturated rings. The highest BCUT2D eigenvalue weighted by Crippen LogP contribution is 2.50. The van der Waals surface area contributed by atoms with Crippen molar-refractivity contribution in [3.63, 3.8) is 0 Å². The second-order valence-electron chi connectivity index (χ2n) is 5.87. The van der Waals surface area contributed by atoms with Crippen LogP contribution in [0, 0.1) is 11.3 Å². The maximum atomic E-state index is 3.31. The van der Waals surface area contributed by atoms with Gasteiger partial charge in [0.2, 0.25) is 0 Å². The Kier molecular flexibility index (Phi) is 3.36. The van der Waals surface area contributed by atoms with Crippen LogP contribution >= 0.6 is 0 Å². The van der Waals surface area contributed by atoms with E-state index in [2.05, 4.69) is 31.1 Å². The highest BCUT2D eigenvalue weighted by atomic mass is 15.2. The lowest BCUT2D eigenvalue weighted by atomic mass is 9.92. The number of piperidine rings is 1. The van der Waals surface area contributed by atoms with Crippen LogP contribution in [0.3, 0.4) is 0 Å². The minimum absolute atomic E-state index is 0.663. The fourth-order valence-corrected chi connectivity index (χ4v) is 2.89. The minimum Gasteiger partial charge on any atom is -0.319 e. The van der Waals surface area contributed by atoms with Crippen LogP contribution in [0.15, 0.2) is 0 Å². The van der Waals surface area contributed by atoms with Crippen LogP contribution in [0.25, 0.3) is 0 Å². The van der Waals surface area contributed by atoms with Gasteiger partial charge in [-0.1, -0.05) is 6.92 Å².